The number of likely N-dealkylation sites (N-methyl/N-ethyl adjacent to an activating group) is 1. The first kappa shape index (κ1) is 15.7. The Kier molecular flexibility index (Phi) is 5.50. The van der Waals surface area contributed by atoms with Crippen LogP contribution >= 0.6 is 0 Å². The molecule has 0 aliphatic heterocycles. The number of nitrogens with zero attached hydrogens (tertiary/aromatic N) is 2. The molecule has 1 aliphatic rings. The Morgan fingerprint density at radius 2 is 2.19 bits per heavy atom. The second kappa shape index (κ2) is 7.36. The quantitative estimate of drug-likeness (QED) is 0.841. The van der Waals surface area contributed by atoms with E-state index in [1.54, 1.807) is 7.05 Å². The molecule has 0 spiro atoms. The Morgan fingerprint density at radius 3 is 2.86 bits per heavy atom. The van der Waals surface area contributed by atoms with Crippen molar-refractivity contribution in [3.63, 3.8) is 0 Å². The number of hydrogen-bond acceptors (Lipinski definition) is 4. The van der Waals surface area contributed by atoms with E-state index < -0.39 is 11.7 Å². The zero-order valence-electron chi connectivity index (χ0n) is 12.7. The summed E-state index contributed by atoms with van der Waals surface area (Å²) in [4.78, 5) is 18.1. The molecule has 1 aromatic heterocycles. The number of halogens is 1. The molecular formula is C15H23FN4O. The minimum Gasteiger partial charge on any atom is -0.371 e. The van der Waals surface area contributed by atoms with Gasteiger partial charge in [0, 0.05) is 32.4 Å². The number of rotatable bonds is 6. The van der Waals surface area contributed by atoms with Crippen molar-refractivity contribution in [2.45, 2.75) is 31.7 Å². The fraction of sp³-hybridized carbons (Fsp3) is 0.600. The van der Waals surface area contributed by atoms with Crippen LogP contribution in [0.4, 0.5) is 10.2 Å². The Balaban J connectivity index is 1.84. The van der Waals surface area contributed by atoms with Crippen molar-refractivity contribution >= 4 is 11.7 Å². The van der Waals surface area contributed by atoms with Gasteiger partial charge in [0.2, 0.25) is 0 Å². The van der Waals surface area contributed by atoms with E-state index >= 15 is 0 Å². The Hall–Kier alpha value is -1.69. The molecule has 0 unspecified atom stereocenters. The highest BCUT2D eigenvalue weighted by Crippen LogP contribution is 2.21. The molecule has 1 saturated carbocycles. The molecule has 1 aliphatic carbocycles. The number of aromatic nitrogens is 1. The molecule has 2 rings (SSSR count). The van der Waals surface area contributed by atoms with E-state index in [0.29, 0.717) is 12.6 Å². The predicted octanol–water partition coefficient (Wildman–Crippen LogP) is 1.87. The van der Waals surface area contributed by atoms with Gasteiger partial charge in [-0.25, -0.2) is 9.37 Å². The highest BCUT2D eigenvalue weighted by molar-refractivity contribution is 5.95. The normalized spacial score (nSPS) is 15.4. The van der Waals surface area contributed by atoms with Crippen molar-refractivity contribution in [3.8, 4) is 0 Å². The number of nitrogens with one attached hydrogen (secondary N) is 2. The molecule has 2 N–H and O–H groups in total. The van der Waals surface area contributed by atoms with E-state index in [0.717, 1.165) is 6.54 Å². The van der Waals surface area contributed by atoms with Crippen LogP contribution in [0.15, 0.2) is 12.3 Å². The Bertz CT molecular complexity index is 489. The van der Waals surface area contributed by atoms with Gasteiger partial charge in [0.25, 0.3) is 5.91 Å². The zero-order valence-corrected chi connectivity index (χ0v) is 12.7. The fourth-order valence-corrected chi connectivity index (χ4v) is 2.76. The number of anilines is 1. The molecule has 6 heteroatoms. The lowest BCUT2D eigenvalue weighted by Crippen LogP contribution is -2.37. The van der Waals surface area contributed by atoms with E-state index in [-0.39, 0.29) is 11.4 Å². The largest absolute Gasteiger partial charge is 0.371 e. The van der Waals surface area contributed by atoms with Crippen LogP contribution < -0.4 is 10.6 Å². The summed E-state index contributed by atoms with van der Waals surface area (Å²) in [5, 5.41) is 5.40. The molecule has 0 saturated heterocycles. The topological polar surface area (TPSA) is 57.3 Å². The average molecular weight is 294 g/mol. The lowest BCUT2D eigenvalue weighted by molar-refractivity contribution is 0.0943. The molecule has 21 heavy (non-hydrogen) atoms. The van der Waals surface area contributed by atoms with Crippen LogP contribution in [-0.2, 0) is 0 Å². The molecule has 1 aromatic rings. The van der Waals surface area contributed by atoms with Gasteiger partial charge in [-0.3, -0.25) is 4.79 Å². The first-order chi connectivity index (χ1) is 10.1. The van der Waals surface area contributed by atoms with Crippen molar-refractivity contribution in [2.24, 2.45) is 0 Å². The van der Waals surface area contributed by atoms with E-state index in [9.17, 15) is 9.18 Å². The van der Waals surface area contributed by atoms with Gasteiger partial charge in [-0.2, -0.15) is 0 Å². The minimum atomic E-state index is -0.610. The molecule has 5 nitrogen and oxygen atoms in total. The summed E-state index contributed by atoms with van der Waals surface area (Å²) in [6, 6.07) is 2.02. The number of hydrogen-bond donors (Lipinski definition) is 2. The summed E-state index contributed by atoms with van der Waals surface area (Å²) in [6.07, 6.45) is 6.46. The van der Waals surface area contributed by atoms with Crippen LogP contribution in [0.3, 0.4) is 0 Å². The second-order valence-corrected chi connectivity index (χ2v) is 5.45. The summed E-state index contributed by atoms with van der Waals surface area (Å²) in [6.45, 7) is 1.30. The monoisotopic (exact) mass is 294 g/mol. The Morgan fingerprint density at radius 1 is 1.48 bits per heavy atom. The van der Waals surface area contributed by atoms with Gasteiger partial charge in [-0.15, -0.1) is 0 Å². The van der Waals surface area contributed by atoms with Crippen LogP contribution in [0.1, 0.15) is 36.0 Å². The van der Waals surface area contributed by atoms with Crippen molar-refractivity contribution in [1.82, 2.24) is 15.2 Å². The van der Waals surface area contributed by atoms with Gasteiger partial charge in [0.15, 0.2) is 11.6 Å². The number of pyridine rings is 1. The summed E-state index contributed by atoms with van der Waals surface area (Å²) >= 11 is 0. The van der Waals surface area contributed by atoms with E-state index in [1.165, 1.54) is 37.9 Å². The minimum absolute atomic E-state index is 0.0258. The van der Waals surface area contributed by atoms with Gasteiger partial charge in [-0.1, -0.05) is 12.8 Å². The maximum absolute atomic E-state index is 14.0. The summed E-state index contributed by atoms with van der Waals surface area (Å²) in [5.74, 6) is -0.918. The molecule has 0 aromatic carbocycles. The summed E-state index contributed by atoms with van der Waals surface area (Å²) < 4.78 is 14.0. The van der Waals surface area contributed by atoms with Crippen molar-refractivity contribution in [2.75, 3.05) is 32.5 Å². The standard InChI is InChI=1S/C15H23FN4O/c1-17-14-13(16)12(7-8-18-14)15(21)19-9-10-20(2)11-5-3-4-6-11/h7-8,11H,3-6,9-10H2,1-2H3,(H,17,18)(H,19,21). The van der Waals surface area contributed by atoms with Gasteiger partial charge >= 0.3 is 0 Å². The zero-order chi connectivity index (χ0) is 15.2. The third kappa shape index (κ3) is 3.91. The maximum Gasteiger partial charge on any atom is 0.254 e. The lowest BCUT2D eigenvalue weighted by Gasteiger charge is -2.23. The van der Waals surface area contributed by atoms with Gasteiger partial charge < -0.3 is 15.5 Å². The van der Waals surface area contributed by atoms with Crippen LogP contribution in [0, 0.1) is 5.82 Å². The fourth-order valence-electron chi connectivity index (χ4n) is 2.76. The van der Waals surface area contributed by atoms with Crippen molar-refractivity contribution in [1.29, 1.82) is 0 Å². The molecule has 0 bridgehead atoms. The van der Waals surface area contributed by atoms with Crippen LogP contribution in [0.25, 0.3) is 0 Å². The summed E-state index contributed by atoms with van der Waals surface area (Å²) in [7, 11) is 3.65. The molecule has 116 valence electrons. The van der Waals surface area contributed by atoms with Gasteiger partial charge in [-0.05, 0) is 26.0 Å². The highest BCUT2D eigenvalue weighted by Gasteiger charge is 2.19. The molecule has 0 radical (unpaired) electrons. The van der Waals surface area contributed by atoms with Crippen molar-refractivity contribution in [3.05, 3.63) is 23.6 Å². The smallest absolute Gasteiger partial charge is 0.254 e. The second-order valence-electron chi connectivity index (χ2n) is 5.45. The molecule has 0 atom stereocenters. The van der Waals surface area contributed by atoms with E-state index in [4.69, 9.17) is 0 Å². The molecule has 1 heterocycles. The predicted molar refractivity (Wildman–Crippen MR) is 81.0 cm³/mol. The summed E-state index contributed by atoms with van der Waals surface area (Å²) in [5.41, 5.74) is 0.0258. The Labute approximate surface area is 124 Å². The van der Waals surface area contributed by atoms with Gasteiger partial charge in [0.1, 0.15) is 0 Å². The van der Waals surface area contributed by atoms with Crippen LogP contribution in [0.2, 0.25) is 0 Å². The average Bonchev–Trinajstić information content (AvgIpc) is 3.01. The first-order valence-corrected chi connectivity index (χ1v) is 7.44. The molecular weight excluding hydrogens is 271 g/mol. The van der Waals surface area contributed by atoms with Crippen LogP contribution in [0.5, 0.6) is 0 Å². The number of amides is 1. The molecule has 1 fully saturated rings. The third-order valence-electron chi connectivity index (χ3n) is 4.07. The van der Waals surface area contributed by atoms with E-state index in [1.807, 2.05) is 0 Å². The highest BCUT2D eigenvalue weighted by atomic mass is 19.1. The SMILES string of the molecule is CNc1nccc(C(=O)NCCN(C)C2CCCC2)c1F. The van der Waals surface area contributed by atoms with E-state index in [2.05, 4.69) is 27.6 Å². The third-order valence-corrected chi connectivity index (χ3v) is 4.07. The maximum atomic E-state index is 14.0. The number of carbonyl (C=O) groups is 1. The molecule has 1 amide bonds. The van der Waals surface area contributed by atoms with Crippen molar-refractivity contribution < 1.29 is 9.18 Å². The first-order valence-electron chi connectivity index (χ1n) is 7.44. The van der Waals surface area contributed by atoms with Crippen LogP contribution in [-0.4, -0.2) is 49.0 Å². The van der Waals surface area contributed by atoms with Gasteiger partial charge in [0.05, 0.1) is 5.56 Å². The number of carbonyl (C=O) groups excluding carboxylic acids is 1. The lowest BCUT2D eigenvalue weighted by atomic mass is 10.2.